The number of carbonyl (C=O) groups is 1. The molecule has 0 radical (unpaired) electrons. The van der Waals surface area contributed by atoms with E-state index < -0.39 is 15.8 Å². The Morgan fingerprint density at radius 1 is 0.843 bits per heavy atom. The van der Waals surface area contributed by atoms with E-state index in [0.29, 0.717) is 39.6 Å². The first-order valence-electron chi connectivity index (χ1n) is 20.9. The number of rotatable bonds is 8. The van der Waals surface area contributed by atoms with Crippen molar-refractivity contribution in [2.75, 3.05) is 32.4 Å². The molecule has 6 fully saturated rings. The van der Waals surface area contributed by atoms with Crippen molar-refractivity contribution < 1.29 is 18.3 Å². The normalized spacial score (nSPS) is 42.8. The van der Waals surface area contributed by atoms with Gasteiger partial charge in [0, 0.05) is 24.9 Å². The SMILES string of the molecule is CC(C)[C@@H]1CC[C@]2(NCCN3CCC(S(C)(=O)=O)CC3)CC[C@]3(C)[C@H](CC[C@@H]4[C@@]5(C)CC[C@H](c6ccc(C(=O)O)cc6)C(C)(C)[C@@H]5CC[C@]43C)[C@@H]12. The summed E-state index contributed by atoms with van der Waals surface area (Å²) in [5.74, 6) is 4.01. The molecule has 10 atom stereocenters. The van der Waals surface area contributed by atoms with E-state index in [1.54, 1.807) is 0 Å². The molecule has 5 saturated carbocycles. The van der Waals surface area contributed by atoms with Gasteiger partial charge >= 0.3 is 5.97 Å². The zero-order valence-electron chi connectivity index (χ0n) is 33.3. The topological polar surface area (TPSA) is 86.7 Å². The first kappa shape index (κ1) is 37.9. The molecule has 286 valence electrons. The molecule has 7 heteroatoms. The molecule has 0 amide bonds. The summed E-state index contributed by atoms with van der Waals surface area (Å²) in [6, 6.07) is 7.84. The first-order chi connectivity index (χ1) is 23.9. The molecule has 1 saturated heterocycles. The van der Waals surface area contributed by atoms with Crippen molar-refractivity contribution in [1.82, 2.24) is 10.2 Å². The molecule has 0 spiro atoms. The van der Waals surface area contributed by atoms with Crippen molar-refractivity contribution in [2.45, 2.75) is 142 Å². The van der Waals surface area contributed by atoms with Gasteiger partial charge in [-0.05, 0) is 171 Å². The van der Waals surface area contributed by atoms with Crippen molar-refractivity contribution in [3.8, 4) is 0 Å². The lowest BCUT2D eigenvalue weighted by molar-refractivity contribution is -0.235. The zero-order valence-corrected chi connectivity index (χ0v) is 34.1. The van der Waals surface area contributed by atoms with Gasteiger partial charge in [-0.25, -0.2) is 13.2 Å². The number of benzene rings is 1. The third-order valence-corrected chi connectivity index (χ3v) is 19.7. The Balaban J connectivity index is 1.10. The molecule has 1 aromatic carbocycles. The molecule has 0 unspecified atom stereocenters. The summed E-state index contributed by atoms with van der Waals surface area (Å²) in [5, 5.41) is 13.7. The second-order valence-electron chi connectivity index (χ2n) is 20.4. The summed E-state index contributed by atoms with van der Waals surface area (Å²) in [7, 11) is -2.94. The minimum Gasteiger partial charge on any atom is -0.478 e. The van der Waals surface area contributed by atoms with E-state index in [1.807, 2.05) is 12.1 Å². The molecule has 51 heavy (non-hydrogen) atoms. The van der Waals surface area contributed by atoms with Gasteiger partial charge in [0.15, 0.2) is 0 Å². The first-order valence-corrected chi connectivity index (χ1v) is 22.8. The summed E-state index contributed by atoms with van der Waals surface area (Å²) in [6.45, 7) is 22.1. The van der Waals surface area contributed by atoms with Gasteiger partial charge in [0.1, 0.15) is 9.84 Å². The molecule has 1 aliphatic heterocycles. The van der Waals surface area contributed by atoms with E-state index in [9.17, 15) is 18.3 Å². The molecule has 0 bridgehead atoms. The number of hydrogen-bond acceptors (Lipinski definition) is 5. The molecule has 2 N–H and O–H groups in total. The third-order valence-electron chi connectivity index (χ3n) is 18.0. The van der Waals surface area contributed by atoms with Gasteiger partial charge in [-0.1, -0.05) is 60.6 Å². The molecule has 0 aromatic heterocycles. The van der Waals surface area contributed by atoms with Crippen molar-refractivity contribution in [3.05, 3.63) is 35.4 Å². The average molecular weight is 723 g/mol. The molecule has 5 aliphatic carbocycles. The fraction of sp³-hybridized carbons (Fsp3) is 0.841. The summed E-state index contributed by atoms with van der Waals surface area (Å²) in [6.07, 6.45) is 16.1. The molecular weight excluding hydrogens is 653 g/mol. The Morgan fingerprint density at radius 3 is 2.16 bits per heavy atom. The number of nitrogens with zero attached hydrogens (tertiary/aromatic N) is 1. The number of sulfone groups is 1. The molecule has 6 nitrogen and oxygen atoms in total. The fourth-order valence-corrected chi connectivity index (χ4v) is 16.3. The largest absolute Gasteiger partial charge is 0.478 e. The molecule has 1 aromatic rings. The Kier molecular flexibility index (Phi) is 9.73. The van der Waals surface area contributed by atoms with Crippen LogP contribution in [0.5, 0.6) is 0 Å². The maximum absolute atomic E-state index is 12.1. The summed E-state index contributed by atoms with van der Waals surface area (Å²) in [4.78, 5) is 14.1. The van der Waals surface area contributed by atoms with Crippen LogP contribution in [-0.2, 0) is 9.84 Å². The van der Waals surface area contributed by atoms with Crippen LogP contribution in [0, 0.1) is 57.2 Å². The summed E-state index contributed by atoms with van der Waals surface area (Å²) >= 11 is 0. The summed E-state index contributed by atoms with van der Waals surface area (Å²) < 4.78 is 24.3. The van der Waals surface area contributed by atoms with Crippen LogP contribution in [0.15, 0.2) is 24.3 Å². The van der Waals surface area contributed by atoms with E-state index in [2.05, 4.69) is 70.8 Å². The van der Waals surface area contributed by atoms with Gasteiger partial charge in [0.2, 0.25) is 0 Å². The Bertz CT molecular complexity index is 1570. The van der Waals surface area contributed by atoms with Gasteiger partial charge in [0.05, 0.1) is 10.8 Å². The zero-order chi connectivity index (χ0) is 36.8. The smallest absolute Gasteiger partial charge is 0.335 e. The highest BCUT2D eigenvalue weighted by atomic mass is 32.2. The second kappa shape index (κ2) is 13.1. The third kappa shape index (κ3) is 5.99. The van der Waals surface area contributed by atoms with Crippen LogP contribution in [-0.4, -0.2) is 67.6 Å². The summed E-state index contributed by atoms with van der Waals surface area (Å²) in [5.41, 5.74) is 3.13. The maximum Gasteiger partial charge on any atom is 0.335 e. The van der Waals surface area contributed by atoms with Crippen LogP contribution >= 0.6 is 0 Å². The highest BCUT2D eigenvalue weighted by Crippen LogP contribution is 2.77. The highest BCUT2D eigenvalue weighted by molar-refractivity contribution is 7.91. The molecule has 1 heterocycles. The Labute approximate surface area is 310 Å². The number of piperidine rings is 1. The number of likely N-dealkylation sites (tertiary alicyclic amines) is 1. The van der Waals surface area contributed by atoms with E-state index in [0.717, 1.165) is 62.7 Å². The van der Waals surface area contributed by atoms with Gasteiger partial charge in [0.25, 0.3) is 0 Å². The Morgan fingerprint density at radius 2 is 1.53 bits per heavy atom. The van der Waals surface area contributed by atoms with Crippen molar-refractivity contribution >= 4 is 15.8 Å². The molecule has 6 aliphatic rings. The second-order valence-corrected chi connectivity index (χ2v) is 22.8. The van der Waals surface area contributed by atoms with Gasteiger partial charge in [-0.3, -0.25) is 0 Å². The van der Waals surface area contributed by atoms with E-state index in [-0.39, 0.29) is 16.2 Å². The van der Waals surface area contributed by atoms with Crippen LogP contribution in [0.25, 0.3) is 0 Å². The number of fused-ring (bicyclic) bond motifs is 7. The lowest BCUT2D eigenvalue weighted by Gasteiger charge is -2.73. The Hall–Kier alpha value is -1.44. The van der Waals surface area contributed by atoms with Crippen LogP contribution in [0.1, 0.15) is 147 Å². The number of aromatic carboxylic acids is 1. The maximum atomic E-state index is 12.1. The van der Waals surface area contributed by atoms with Crippen LogP contribution in [0.2, 0.25) is 0 Å². The van der Waals surface area contributed by atoms with Gasteiger partial charge in [-0.2, -0.15) is 0 Å². The van der Waals surface area contributed by atoms with Gasteiger partial charge < -0.3 is 15.3 Å². The minimum absolute atomic E-state index is 0.157. The van der Waals surface area contributed by atoms with Crippen molar-refractivity contribution in [1.29, 1.82) is 0 Å². The molecule has 7 rings (SSSR count). The number of carboxylic acids is 1. The predicted molar refractivity (Wildman–Crippen MR) is 208 cm³/mol. The quantitative estimate of drug-likeness (QED) is 0.279. The van der Waals surface area contributed by atoms with Crippen LogP contribution in [0.4, 0.5) is 0 Å². The highest BCUT2D eigenvalue weighted by Gasteiger charge is 2.71. The standard InChI is InChI=1S/C44H70N2O4S/c1-29(2)33-15-22-44(45-25-28-46-26-18-32(19-27-46)51(8,49)50)24-23-42(6)35(38(33)44)13-14-37-41(5)20-16-34(30-9-11-31(12-10-30)39(47)48)40(3,4)36(41)17-21-43(37,42)7/h9-12,29,32-38,45H,13-28H2,1-8H3,(H,47,48)/t33-,34+,35+,36-,37+,38+,41-,42+,43+,44-/m0/s1. The van der Waals surface area contributed by atoms with E-state index in [4.69, 9.17) is 0 Å². The van der Waals surface area contributed by atoms with E-state index in [1.165, 1.54) is 76.0 Å². The van der Waals surface area contributed by atoms with E-state index >= 15 is 0 Å². The van der Waals surface area contributed by atoms with Crippen molar-refractivity contribution in [3.63, 3.8) is 0 Å². The number of carboxylic acid groups (broad SMARTS) is 1. The lowest BCUT2D eigenvalue weighted by Crippen LogP contribution is -2.68. The fourth-order valence-electron chi connectivity index (χ4n) is 15.2. The predicted octanol–water partition coefficient (Wildman–Crippen LogP) is 9.06. The van der Waals surface area contributed by atoms with Crippen LogP contribution in [0.3, 0.4) is 0 Å². The number of hydrogen-bond donors (Lipinski definition) is 2. The van der Waals surface area contributed by atoms with Crippen molar-refractivity contribution in [2.24, 2.45) is 57.2 Å². The lowest BCUT2D eigenvalue weighted by atomic mass is 9.32. The monoisotopic (exact) mass is 723 g/mol. The van der Waals surface area contributed by atoms with Crippen LogP contribution < -0.4 is 5.32 Å². The van der Waals surface area contributed by atoms with Gasteiger partial charge in [-0.15, -0.1) is 0 Å². The number of nitrogens with one attached hydrogen (secondary N) is 1. The minimum atomic E-state index is -2.94. The molecular formula is C44H70N2O4S. The average Bonchev–Trinajstić information content (AvgIpc) is 3.45.